The van der Waals surface area contributed by atoms with Gasteiger partial charge in [-0.05, 0) is 19.1 Å². The van der Waals surface area contributed by atoms with Crippen LogP contribution in [-0.4, -0.2) is 34.0 Å². The third-order valence-corrected chi connectivity index (χ3v) is 3.94. The van der Waals surface area contributed by atoms with Crippen molar-refractivity contribution < 1.29 is 9.47 Å². The average Bonchev–Trinajstić information content (AvgIpc) is 3.12. The van der Waals surface area contributed by atoms with Crippen molar-refractivity contribution >= 4 is 17.3 Å². The molecule has 2 N–H and O–H groups in total. The third-order valence-electron chi connectivity index (χ3n) is 3.16. The molecule has 0 radical (unpaired) electrons. The molecule has 3 aromatic rings. The van der Waals surface area contributed by atoms with E-state index in [1.807, 2.05) is 30.5 Å². The van der Waals surface area contributed by atoms with Crippen molar-refractivity contribution in [2.75, 3.05) is 20.0 Å². The highest BCUT2D eigenvalue weighted by Crippen LogP contribution is 2.36. The topological polar surface area (TPSA) is 88.1 Å². The van der Waals surface area contributed by atoms with E-state index in [2.05, 4.69) is 15.2 Å². The predicted molar refractivity (Wildman–Crippen MR) is 84.7 cm³/mol. The van der Waals surface area contributed by atoms with Gasteiger partial charge in [0, 0.05) is 5.38 Å². The van der Waals surface area contributed by atoms with Crippen LogP contribution < -0.4 is 15.2 Å². The summed E-state index contributed by atoms with van der Waals surface area (Å²) in [6, 6.07) is 5.50. The highest BCUT2D eigenvalue weighted by atomic mass is 32.1. The Morgan fingerprint density at radius 3 is 2.36 bits per heavy atom. The van der Waals surface area contributed by atoms with Crippen LogP contribution in [0.3, 0.4) is 0 Å². The second-order valence-electron chi connectivity index (χ2n) is 4.48. The zero-order chi connectivity index (χ0) is 15.7. The van der Waals surface area contributed by atoms with Crippen LogP contribution in [0.4, 0.5) is 5.95 Å². The summed E-state index contributed by atoms with van der Waals surface area (Å²) >= 11 is 1.54. The van der Waals surface area contributed by atoms with Crippen molar-refractivity contribution in [3.8, 4) is 28.7 Å². The maximum atomic E-state index is 6.02. The average molecular weight is 317 g/mol. The van der Waals surface area contributed by atoms with E-state index in [4.69, 9.17) is 15.2 Å². The van der Waals surface area contributed by atoms with E-state index in [-0.39, 0.29) is 5.95 Å². The number of thiazole rings is 1. The summed E-state index contributed by atoms with van der Waals surface area (Å²) in [5.41, 5.74) is 7.38. The van der Waals surface area contributed by atoms with Gasteiger partial charge in [0.25, 0.3) is 0 Å². The Kier molecular flexibility index (Phi) is 3.68. The number of ether oxygens (including phenoxy) is 2. The Balaban J connectivity index is 2.28. The van der Waals surface area contributed by atoms with Gasteiger partial charge in [0.15, 0.2) is 5.82 Å². The summed E-state index contributed by atoms with van der Waals surface area (Å²) in [4.78, 5) is 4.45. The second kappa shape index (κ2) is 5.64. The maximum Gasteiger partial charge on any atom is 0.227 e. The van der Waals surface area contributed by atoms with E-state index < -0.39 is 0 Å². The molecule has 7 nitrogen and oxygen atoms in total. The first-order valence-electron chi connectivity index (χ1n) is 6.50. The van der Waals surface area contributed by atoms with Crippen molar-refractivity contribution in [3.05, 3.63) is 28.6 Å². The summed E-state index contributed by atoms with van der Waals surface area (Å²) in [5, 5.41) is 11.0. The molecular formula is C14H15N5O2S. The van der Waals surface area contributed by atoms with Crippen LogP contribution >= 0.6 is 11.3 Å². The molecule has 0 aliphatic rings. The van der Waals surface area contributed by atoms with Gasteiger partial charge < -0.3 is 15.2 Å². The number of nitrogens with two attached hydrogens (primary N) is 1. The molecule has 2 aromatic heterocycles. The van der Waals surface area contributed by atoms with Gasteiger partial charge in [0.2, 0.25) is 5.95 Å². The predicted octanol–water partition coefficient (Wildman–Crippen LogP) is 2.30. The minimum atomic E-state index is 0.239. The van der Waals surface area contributed by atoms with Crippen molar-refractivity contribution in [2.45, 2.75) is 6.92 Å². The van der Waals surface area contributed by atoms with Crippen LogP contribution in [0.2, 0.25) is 0 Å². The number of hydrogen-bond acceptors (Lipinski definition) is 7. The Hall–Kier alpha value is -2.61. The fourth-order valence-electron chi connectivity index (χ4n) is 2.20. The molecule has 0 amide bonds. The Labute approximate surface area is 131 Å². The molecule has 8 heteroatoms. The first-order chi connectivity index (χ1) is 10.7. The van der Waals surface area contributed by atoms with Crippen LogP contribution in [0, 0.1) is 6.92 Å². The molecule has 0 aliphatic heterocycles. The lowest BCUT2D eigenvalue weighted by atomic mass is 10.2. The number of methoxy groups -OCH3 is 2. The molecule has 0 fully saturated rings. The van der Waals surface area contributed by atoms with Gasteiger partial charge in [0.05, 0.1) is 19.2 Å². The Bertz CT molecular complexity index is 789. The smallest absolute Gasteiger partial charge is 0.227 e. The van der Waals surface area contributed by atoms with E-state index in [0.717, 1.165) is 5.01 Å². The fourth-order valence-corrected chi connectivity index (χ4v) is 2.79. The van der Waals surface area contributed by atoms with Gasteiger partial charge in [0.1, 0.15) is 22.9 Å². The van der Waals surface area contributed by atoms with Crippen molar-refractivity contribution in [1.29, 1.82) is 0 Å². The van der Waals surface area contributed by atoms with Gasteiger partial charge in [-0.15, -0.1) is 21.5 Å². The fraction of sp³-hybridized carbons (Fsp3) is 0.214. The monoisotopic (exact) mass is 317 g/mol. The van der Waals surface area contributed by atoms with Crippen molar-refractivity contribution in [3.63, 3.8) is 0 Å². The van der Waals surface area contributed by atoms with Crippen molar-refractivity contribution in [1.82, 2.24) is 19.7 Å². The number of aromatic nitrogens is 4. The van der Waals surface area contributed by atoms with Gasteiger partial charge in [-0.2, -0.15) is 0 Å². The number of nitrogens with zero attached hydrogens (tertiary/aromatic N) is 4. The zero-order valence-electron chi connectivity index (χ0n) is 12.4. The van der Waals surface area contributed by atoms with Crippen LogP contribution in [0.15, 0.2) is 23.6 Å². The molecule has 0 aliphatic carbocycles. The minimum absolute atomic E-state index is 0.239. The molecular weight excluding hydrogens is 302 g/mol. The number of anilines is 1. The lowest BCUT2D eigenvalue weighted by molar-refractivity contribution is 0.391. The molecule has 0 atom stereocenters. The number of benzene rings is 1. The van der Waals surface area contributed by atoms with E-state index in [1.54, 1.807) is 18.8 Å². The number of nitrogen functional groups attached to an aromatic ring is 1. The Morgan fingerprint density at radius 1 is 1.14 bits per heavy atom. The molecule has 3 rings (SSSR count). The normalized spacial score (nSPS) is 10.7. The van der Waals surface area contributed by atoms with Crippen LogP contribution in [0.1, 0.15) is 5.01 Å². The standard InChI is InChI=1S/C14H15N5O2S/c1-8-16-9(7-22-8)13-17-18-14(15)19(13)12-10(20-2)5-4-6-11(12)21-3/h4-7H,1-3H3,(H2,15,18). The second-order valence-corrected chi connectivity index (χ2v) is 5.54. The molecule has 0 spiro atoms. The lowest BCUT2D eigenvalue weighted by Gasteiger charge is -2.15. The van der Waals surface area contributed by atoms with Gasteiger partial charge in [-0.3, -0.25) is 4.57 Å². The highest BCUT2D eigenvalue weighted by molar-refractivity contribution is 7.09. The largest absolute Gasteiger partial charge is 0.494 e. The highest BCUT2D eigenvalue weighted by Gasteiger charge is 2.21. The van der Waals surface area contributed by atoms with Crippen LogP contribution in [-0.2, 0) is 0 Å². The zero-order valence-corrected chi connectivity index (χ0v) is 13.2. The number of para-hydroxylation sites is 1. The maximum absolute atomic E-state index is 6.02. The lowest BCUT2D eigenvalue weighted by Crippen LogP contribution is -2.06. The molecule has 22 heavy (non-hydrogen) atoms. The van der Waals surface area contributed by atoms with Crippen molar-refractivity contribution in [2.24, 2.45) is 0 Å². The number of rotatable bonds is 4. The van der Waals surface area contributed by atoms with Gasteiger partial charge in [-0.25, -0.2) is 4.98 Å². The molecule has 1 aromatic carbocycles. The summed E-state index contributed by atoms with van der Waals surface area (Å²) in [6.45, 7) is 1.93. The first kappa shape index (κ1) is 14.3. The summed E-state index contributed by atoms with van der Waals surface area (Å²) in [6.07, 6.45) is 0. The molecule has 0 bridgehead atoms. The molecule has 0 saturated heterocycles. The molecule has 0 saturated carbocycles. The van der Waals surface area contributed by atoms with Gasteiger partial charge >= 0.3 is 0 Å². The molecule has 0 unspecified atom stereocenters. The molecule has 114 valence electrons. The summed E-state index contributed by atoms with van der Waals surface area (Å²) < 4.78 is 12.6. The SMILES string of the molecule is COc1cccc(OC)c1-n1c(N)nnc1-c1csc(C)n1. The van der Waals surface area contributed by atoms with Gasteiger partial charge in [-0.1, -0.05) is 6.07 Å². The quantitative estimate of drug-likeness (QED) is 0.794. The van der Waals surface area contributed by atoms with Crippen LogP contribution in [0.25, 0.3) is 17.2 Å². The van der Waals surface area contributed by atoms with E-state index in [9.17, 15) is 0 Å². The summed E-state index contributed by atoms with van der Waals surface area (Å²) in [5.74, 6) is 2.01. The van der Waals surface area contributed by atoms with Crippen LogP contribution in [0.5, 0.6) is 11.5 Å². The van der Waals surface area contributed by atoms with E-state index in [0.29, 0.717) is 28.7 Å². The first-order valence-corrected chi connectivity index (χ1v) is 7.38. The molecule has 2 heterocycles. The third kappa shape index (κ3) is 2.27. The van der Waals surface area contributed by atoms with E-state index in [1.165, 1.54) is 11.3 Å². The number of aryl methyl sites for hydroxylation is 1. The minimum Gasteiger partial charge on any atom is -0.494 e. The summed E-state index contributed by atoms with van der Waals surface area (Å²) in [7, 11) is 3.18. The van der Waals surface area contributed by atoms with E-state index >= 15 is 0 Å². The number of hydrogen-bond donors (Lipinski definition) is 1. The Morgan fingerprint density at radius 2 is 1.82 bits per heavy atom.